The van der Waals surface area contributed by atoms with Crippen LogP contribution in [0.25, 0.3) is 0 Å². The van der Waals surface area contributed by atoms with Gasteiger partial charge in [0.2, 0.25) is 0 Å². The number of nitrogens with one attached hydrogen (secondary N) is 2. The van der Waals surface area contributed by atoms with Gasteiger partial charge in [0, 0.05) is 0 Å². The molecule has 0 aliphatic rings. The minimum absolute atomic E-state index is 0.0109. The van der Waals surface area contributed by atoms with Crippen molar-refractivity contribution in [1.82, 2.24) is 5.32 Å². The number of ether oxygens (including phenoxy) is 1. The highest BCUT2D eigenvalue weighted by Gasteiger charge is 2.11. The highest BCUT2D eigenvalue weighted by molar-refractivity contribution is 7.80. The Hall–Kier alpha value is -2.64. The zero-order valence-electron chi connectivity index (χ0n) is 14.8. The van der Waals surface area contributed by atoms with E-state index >= 15 is 0 Å². The van der Waals surface area contributed by atoms with Crippen molar-refractivity contribution in [2.24, 2.45) is 0 Å². The van der Waals surface area contributed by atoms with Gasteiger partial charge in [-0.3, -0.25) is 10.1 Å². The molecule has 0 spiro atoms. The van der Waals surface area contributed by atoms with E-state index in [9.17, 15) is 9.59 Å². The van der Waals surface area contributed by atoms with Crippen LogP contribution in [0.15, 0.2) is 42.5 Å². The summed E-state index contributed by atoms with van der Waals surface area (Å²) in [6.07, 6.45) is 0. The molecule has 6 nitrogen and oxygen atoms in total. The lowest BCUT2D eigenvalue weighted by atomic mass is 10.0. The minimum Gasteiger partial charge on any atom is -0.484 e. The molecule has 0 aromatic heterocycles. The molecular formula is C19H19ClN2O4S. The fourth-order valence-corrected chi connectivity index (χ4v) is 2.56. The number of carbonyl (C=O) groups excluding carboxylic acids is 1. The molecule has 27 heavy (non-hydrogen) atoms. The second-order valence-electron chi connectivity index (χ2n) is 6.01. The first-order valence-corrected chi connectivity index (χ1v) is 8.91. The van der Waals surface area contributed by atoms with Crippen LogP contribution in [0.4, 0.5) is 5.69 Å². The van der Waals surface area contributed by atoms with E-state index in [1.54, 1.807) is 12.1 Å². The summed E-state index contributed by atoms with van der Waals surface area (Å²) in [4.78, 5) is 23.0. The van der Waals surface area contributed by atoms with E-state index in [1.807, 2.05) is 12.1 Å². The zero-order valence-corrected chi connectivity index (χ0v) is 16.4. The normalized spacial score (nSPS) is 10.4. The lowest BCUT2D eigenvalue weighted by Gasteiger charge is -2.12. The van der Waals surface area contributed by atoms with E-state index in [2.05, 4.69) is 24.5 Å². The molecule has 0 saturated heterocycles. The van der Waals surface area contributed by atoms with Gasteiger partial charge < -0.3 is 15.2 Å². The fraction of sp³-hybridized carbons (Fsp3) is 0.211. The number of halogens is 1. The first kappa shape index (κ1) is 20.7. The third-order valence-corrected chi connectivity index (χ3v) is 4.16. The van der Waals surface area contributed by atoms with Gasteiger partial charge in [0.1, 0.15) is 5.75 Å². The van der Waals surface area contributed by atoms with Crippen molar-refractivity contribution in [1.29, 1.82) is 0 Å². The van der Waals surface area contributed by atoms with Crippen LogP contribution >= 0.6 is 23.8 Å². The first-order chi connectivity index (χ1) is 12.8. The molecule has 0 radical (unpaired) electrons. The smallest absolute Gasteiger partial charge is 0.335 e. The van der Waals surface area contributed by atoms with Gasteiger partial charge in [0.15, 0.2) is 11.7 Å². The molecule has 0 bridgehead atoms. The van der Waals surface area contributed by atoms with Crippen LogP contribution in [-0.4, -0.2) is 28.7 Å². The molecule has 0 aliphatic heterocycles. The summed E-state index contributed by atoms with van der Waals surface area (Å²) in [6, 6.07) is 11.6. The number of thiocarbonyl (C=S) groups is 1. The molecule has 0 aliphatic carbocycles. The average molecular weight is 407 g/mol. The van der Waals surface area contributed by atoms with E-state index in [-0.39, 0.29) is 28.0 Å². The largest absolute Gasteiger partial charge is 0.484 e. The van der Waals surface area contributed by atoms with Crippen LogP contribution in [-0.2, 0) is 4.79 Å². The molecular weight excluding hydrogens is 388 g/mol. The van der Waals surface area contributed by atoms with Crippen LogP contribution in [0.1, 0.15) is 35.7 Å². The molecule has 0 saturated carbocycles. The van der Waals surface area contributed by atoms with Gasteiger partial charge in [-0.15, -0.1) is 0 Å². The average Bonchev–Trinajstić information content (AvgIpc) is 2.62. The molecule has 0 unspecified atom stereocenters. The van der Waals surface area contributed by atoms with E-state index in [1.165, 1.54) is 23.8 Å². The van der Waals surface area contributed by atoms with E-state index in [0.29, 0.717) is 11.7 Å². The molecule has 0 heterocycles. The van der Waals surface area contributed by atoms with Crippen LogP contribution in [0.3, 0.4) is 0 Å². The minimum atomic E-state index is -1.10. The highest BCUT2D eigenvalue weighted by atomic mass is 35.5. The van der Waals surface area contributed by atoms with Gasteiger partial charge in [-0.25, -0.2) is 4.79 Å². The van der Waals surface area contributed by atoms with Crippen LogP contribution in [0.5, 0.6) is 5.75 Å². The number of hydrogen-bond donors (Lipinski definition) is 3. The van der Waals surface area contributed by atoms with E-state index in [0.717, 1.165) is 0 Å². The van der Waals surface area contributed by atoms with Gasteiger partial charge in [-0.2, -0.15) is 0 Å². The maximum Gasteiger partial charge on any atom is 0.335 e. The number of carbonyl (C=O) groups is 2. The zero-order chi connectivity index (χ0) is 20.0. The van der Waals surface area contributed by atoms with Crippen LogP contribution < -0.4 is 15.4 Å². The molecule has 2 aromatic rings. The number of rotatable bonds is 6. The van der Waals surface area contributed by atoms with E-state index in [4.69, 9.17) is 33.7 Å². The lowest BCUT2D eigenvalue weighted by Crippen LogP contribution is -2.37. The van der Waals surface area contributed by atoms with Crippen molar-refractivity contribution in [3.8, 4) is 5.75 Å². The van der Waals surface area contributed by atoms with Crippen molar-refractivity contribution in [3.63, 3.8) is 0 Å². The summed E-state index contributed by atoms with van der Waals surface area (Å²) < 4.78 is 5.42. The predicted octanol–water partition coefficient (Wildman–Crippen LogP) is 4.05. The summed E-state index contributed by atoms with van der Waals surface area (Å²) in [5, 5.41) is 14.4. The third-order valence-electron chi connectivity index (χ3n) is 3.63. The van der Waals surface area contributed by atoms with Gasteiger partial charge in [-0.05, 0) is 54.0 Å². The third kappa shape index (κ3) is 6.23. The standard InChI is InChI=1S/C19H19ClN2O4S/c1-11(2)12-3-6-14(7-4-12)26-10-17(23)22-19(27)21-16-9-13(18(24)25)5-8-15(16)20/h3-9,11H,10H2,1-2H3,(H,24,25)(H2,21,22,23,27). The van der Waals surface area contributed by atoms with Crippen molar-refractivity contribution >= 4 is 46.5 Å². The number of carboxylic acids is 1. The number of benzene rings is 2. The molecule has 1 amide bonds. The van der Waals surface area contributed by atoms with Crippen molar-refractivity contribution in [2.75, 3.05) is 11.9 Å². The quantitative estimate of drug-likeness (QED) is 0.627. The fourth-order valence-electron chi connectivity index (χ4n) is 2.17. The summed E-state index contributed by atoms with van der Waals surface area (Å²) in [6.45, 7) is 3.97. The number of amides is 1. The molecule has 2 rings (SSSR count). The maximum atomic E-state index is 12.0. The summed E-state index contributed by atoms with van der Waals surface area (Å²) in [5.41, 5.74) is 1.51. The molecule has 8 heteroatoms. The number of hydrogen-bond acceptors (Lipinski definition) is 4. The molecule has 0 fully saturated rings. The summed E-state index contributed by atoms with van der Waals surface area (Å²) in [7, 11) is 0. The van der Waals surface area contributed by atoms with Gasteiger partial charge in [0.25, 0.3) is 5.91 Å². The predicted molar refractivity (Wildman–Crippen MR) is 109 cm³/mol. The van der Waals surface area contributed by atoms with E-state index < -0.39 is 11.9 Å². The number of carboxylic acid groups (broad SMARTS) is 1. The molecule has 142 valence electrons. The molecule has 2 aromatic carbocycles. The Morgan fingerprint density at radius 1 is 1.19 bits per heavy atom. The molecule has 3 N–H and O–H groups in total. The van der Waals surface area contributed by atoms with Gasteiger partial charge in [-0.1, -0.05) is 37.6 Å². The second kappa shape index (κ2) is 9.34. The maximum absolute atomic E-state index is 12.0. The van der Waals surface area contributed by atoms with Crippen LogP contribution in [0.2, 0.25) is 5.02 Å². The Bertz CT molecular complexity index is 853. The second-order valence-corrected chi connectivity index (χ2v) is 6.83. The number of anilines is 1. The van der Waals surface area contributed by atoms with Gasteiger partial charge in [0.05, 0.1) is 16.3 Å². The Balaban J connectivity index is 1.87. The Morgan fingerprint density at radius 3 is 2.44 bits per heavy atom. The Kier molecular flexibility index (Phi) is 7.15. The topological polar surface area (TPSA) is 87.7 Å². The van der Waals surface area contributed by atoms with Crippen LogP contribution in [0, 0.1) is 0 Å². The lowest BCUT2D eigenvalue weighted by molar-refractivity contribution is -0.121. The highest BCUT2D eigenvalue weighted by Crippen LogP contribution is 2.23. The molecule has 0 atom stereocenters. The monoisotopic (exact) mass is 406 g/mol. The summed E-state index contributed by atoms with van der Waals surface area (Å²) >= 11 is 11.1. The Morgan fingerprint density at radius 2 is 1.85 bits per heavy atom. The SMILES string of the molecule is CC(C)c1ccc(OCC(=O)NC(=S)Nc2cc(C(=O)O)ccc2Cl)cc1. The summed E-state index contributed by atoms with van der Waals surface area (Å²) in [5.74, 6) is -0.560. The van der Waals surface area contributed by atoms with Gasteiger partial charge >= 0.3 is 5.97 Å². The van der Waals surface area contributed by atoms with Crippen molar-refractivity contribution in [2.45, 2.75) is 19.8 Å². The number of aromatic carboxylic acids is 1. The van der Waals surface area contributed by atoms with Crippen molar-refractivity contribution < 1.29 is 19.4 Å². The van der Waals surface area contributed by atoms with Crippen molar-refractivity contribution in [3.05, 3.63) is 58.6 Å². The Labute approximate surface area is 167 Å². The first-order valence-electron chi connectivity index (χ1n) is 8.12.